The lowest BCUT2D eigenvalue weighted by atomic mass is 9.96. The highest BCUT2D eigenvalue weighted by Crippen LogP contribution is 2.24. The molecule has 0 aromatic carbocycles. The fourth-order valence-electron chi connectivity index (χ4n) is 2.98. The second-order valence-corrected chi connectivity index (χ2v) is 7.47. The van der Waals surface area contributed by atoms with Crippen LogP contribution in [0.3, 0.4) is 0 Å². The Kier molecular flexibility index (Phi) is 4.33. The zero-order chi connectivity index (χ0) is 14.9. The van der Waals surface area contributed by atoms with E-state index in [2.05, 4.69) is 0 Å². The summed E-state index contributed by atoms with van der Waals surface area (Å²) in [6, 6.07) is -0.574. The SMILES string of the molecule is CS(=O)(=O)N1CCCC1C(=O)N1CCC(C(N)=O)CC1. The molecule has 1 unspecified atom stereocenters. The molecule has 7 nitrogen and oxygen atoms in total. The van der Waals surface area contributed by atoms with E-state index < -0.39 is 16.1 Å². The van der Waals surface area contributed by atoms with Crippen molar-refractivity contribution in [3.05, 3.63) is 0 Å². The van der Waals surface area contributed by atoms with Crippen molar-refractivity contribution in [2.75, 3.05) is 25.9 Å². The lowest BCUT2D eigenvalue weighted by Gasteiger charge is -2.34. The summed E-state index contributed by atoms with van der Waals surface area (Å²) >= 11 is 0. The lowest BCUT2D eigenvalue weighted by molar-refractivity contribution is -0.137. The summed E-state index contributed by atoms with van der Waals surface area (Å²) in [5.74, 6) is -0.639. The highest BCUT2D eigenvalue weighted by molar-refractivity contribution is 7.88. The van der Waals surface area contributed by atoms with E-state index in [1.807, 2.05) is 0 Å². The van der Waals surface area contributed by atoms with Gasteiger partial charge in [0.05, 0.1) is 6.26 Å². The summed E-state index contributed by atoms with van der Waals surface area (Å²) in [6.45, 7) is 1.36. The molecule has 2 aliphatic heterocycles. The minimum Gasteiger partial charge on any atom is -0.369 e. The normalized spacial score (nSPS) is 25.9. The minimum absolute atomic E-state index is 0.143. The van der Waals surface area contributed by atoms with Crippen molar-refractivity contribution in [3.63, 3.8) is 0 Å². The molecule has 0 aliphatic carbocycles. The number of piperidine rings is 1. The predicted octanol–water partition coefficient (Wildman–Crippen LogP) is -0.866. The lowest BCUT2D eigenvalue weighted by Crippen LogP contribution is -2.50. The van der Waals surface area contributed by atoms with Crippen LogP contribution in [0.25, 0.3) is 0 Å². The average Bonchev–Trinajstić information content (AvgIpc) is 2.87. The molecule has 0 bridgehead atoms. The molecule has 8 heteroatoms. The third kappa shape index (κ3) is 3.12. The summed E-state index contributed by atoms with van der Waals surface area (Å²) in [4.78, 5) is 25.2. The second-order valence-electron chi connectivity index (χ2n) is 5.53. The van der Waals surface area contributed by atoms with Gasteiger partial charge in [-0.25, -0.2) is 8.42 Å². The third-order valence-corrected chi connectivity index (χ3v) is 5.41. The molecule has 114 valence electrons. The van der Waals surface area contributed by atoms with Crippen LogP contribution in [-0.4, -0.2) is 61.4 Å². The molecular weight excluding hydrogens is 282 g/mol. The summed E-state index contributed by atoms with van der Waals surface area (Å²) in [6.07, 6.45) is 3.54. The Morgan fingerprint density at radius 2 is 1.70 bits per heavy atom. The molecule has 1 atom stereocenters. The first-order valence-corrected chi connectivity index (χ1v) is 8.70. The van der Waals surface area contributed by atoms with Crippen LogP contribution in [0.2, 0.25) is 0 Å². The third-order valence-electron chi connectivity index (χ3n) is 4.12. The molecule has 20 heavy (non-hydrogen) atoms. The first-order valence-electron chi connectivity index (χ1n) is 6.85. The quantitative estimate of drug-likeness (QED) is 0.732. The van der Waals surface area contributed by atoms with Gasteiger partial charge in [-0.1, -0.05) is 0 Å². The summed E-state index contributed by atoms with van der Waals surface area (Å²) in [5, 5.41) is 0. The van der Waals surface area contributed by atoms with Crippen molar-refractivity contribution in [1.82, 2.24) is 9.21 Å². The number of amides is 2. The monoisotopic (exact) mass is 303 g/mol. The van der Waals surface area contributed by atoms with Crippen molar-refractivity contribution in [3.8, 4) is 0 Å². The van der Waals surface area contributed by atoms with Gasteiger partial charge in [0, 0.05) is 25.6 Å². The van der Waals surface area contributed by atoms with Crippen molar-refractivity contribution in [2.45, 2.75) is 31.7 Å². The van der Waals surface area contributed by atoms with Gasteiger partial charge in [0.15, 0.2) is 0 Å². The zero-order valence-electron chi connectivity index (χ0n) is 11.6. The topological polar surface area (TPSA) is 101 Å². The second kappa shape index (κ2) is 5.69. The number of hydrogen-bond acceptors (Lipinski definition) is 4. The molecule has 2 fully saturated rings. The van der Waals surface area contributed by atoms with E-state index >= 15 is 0 Å². The van der Waals surface area contributed by atoms with Crippen molar-refractivity contribution in [2.24, 2.45) is 11.7 Å². The summed E-state index contributed by atoms with van der Waals surface area (Å²) in [5.41, 5.74) is 5.26. The smallest absolute Gasteiger partial charge is 0.241 e. The van der Waals surface area contributed by atoms with Gasteiger partial charge < -0.3 is 10.6 Å². The Balaban J connectivity index is 2.00. The number of rotatable bonds is 3. The number of nitrogens with zero attached hydrogens (tertiary/aromatic N) is 2. The van der Waals surface area contributed by atoms with Crippen LogP contribution in [0.15, 0.2) is 0 Å². The Hall–Kier alpha value is -1.15. The van der Waals surface area contributed by atoms with Crippen molar-refractivity contribution >= 4 is 21.8 Å². The minimum atomic E-state index is -3.35. The van der Waals surface area contributed by atoms with Gasteiger partial charge in [0.2, 0.25) is 21.8 Å². The molecule has 2 heterocycles. The van der Waals surface area contributed by atoms with Crippen LogP contribution in [0.4, 0.5) is 0 Å². The van der Waals surface area contributed by atoms with Crippen molar-refractivity contribution < 1.29 is 18.0 Å². The Morgan fingerprint density at radius 1 is 1.10 bits per heavy atom. The molecule has 2 N–H and O–H groups in total. The maximum absolute atomic E-state index is 12.4. The maximum atomic E-state index is 12.4. The molecule has 0 saturated carbocycles. The van der Waals surface area contributed by atoms with E-state index in [0.717, 1.165) is 6.26 Å². The van der Waals surface area contributed by atoms with Gasteiger partial charge in [0.1, 0.15) is 6.04 Å². The molecule has 2 rings (SSSR count). The van der Waals surface area contributed by atoms with Gasteiger partial charge in [-0.3, -0.25) is 9.59 Å². The van der Waals surface area contributed by atoms with E-state index in [9.17, 15) is 18.0 Å². The highest BCUT2D eigenvalue weighted by atomic mass is 32.2. The molecule has 0 radical (unpaired) electrons. The van der Waals surface area contributed by atoms with Gasteiger partial charge in [0.25, 0.3) is 0 Å². The van der Waals surface area contributed by atoms with E-state index in [1.165, 1.54) is 4.31 Å². The molecule has 2 amide bonds. The van der Waals surface area contributed by atoms with Gasteiger partial charge in [-0.05, 0) is 25.7 Å². The number of primary amides is 1. The Bertz CT molecular complexity index is 497. The molecular formula is C12H21N3O4S. The molecule has 0 aromatic rings. The summed E-state index contributed by atoms with van der Waals surface area (Å²) in [7, 11) is -3.35. The van der Waals surface area contributed by atoms with Crippen LogP contribution in [0.5, 0.6) is 0 Å². The van der Waals surface area contributed by atoms with Crippen LogP contribution in [-0.2, 0) is 19.6 Å². The van der Waals surface area contributed by atoms with E-state index in [0.29, 0.717) is 45.3 Å². The van der Waals surface area contributed by atoms with Crippen LogP contribution in [0.1, 0.15) is 25.7 Å². The first kappa shape index (κ1) is 15.2. The van der Waals surface area contributed by atoms with E-state index in [4.69, 9.17) is 5.73 Å². The van der Waals surface area contributed by atoms with Gasteiger partial charge >= 0.3 is 0 Å². The average molecular weight is 303 g/mol. The van der Waals surface area contributed by atoms with Crippen molar-refractivity contribution in [1.29, 1.82) is 0 Å². The number of likely N-dealkylation sites (tertiary alicyclic amines) is 1. The van der Waals surface area contributed by atoms with E-state index in [-0.39, 0.29) is 17.7 Å². The Labute approximate surface area is 119 Å². The Morgan fingerprint density at radius 3 is 2.20 bits per heavy atom. The zero-order valence-corrected chi connectivity index (χ0v) is 12.4. The van der Waals surface area contributed by atoms with Crippen LogP contribution in [0, 0.1) is 5.92 Å². The number of hydrogen-bond donors (Lipinski definition) is 1. The number of carbonyl (C=O) groups is 2. The molecule has 2 saturated heterocycles. The maximum Gasteiger partial charge on any atom is 0.241 e. The predicted molar refractivity (Wildman–Crippen MR) is 73.1 cm³/mol. The fraction of sp³-hybridized carbons (Fsp3) is 0.833. The molecule has 2 aliphatic rings. The first-order chi connectivity index (χ1) is 9.30. The highest BCUT2D eigenvalue weighted by Gasteiger charge is 2.39. The van der Waals surface area contributed by atoms with Crippen LogP contribution < -0.4 is 5.73 Å². The molecule has 0 spiro atoms. The summed E-state index contributed by atoms with van der Waals surface area (Å²) < 4.78 is 24.6. The standard InChI is InChI=1S/C12H21N3O4S/c1-20(18,19)15-6-2-3-10(15)12(17)14-7-4-9(5-8-14)11(13)16/h9-10H,2-8H2,1H3,(H2,13,16). The van der Waals surface area contributed by atoms with Crippen LogP contribution >= 0.6 is 0 Å². The van der Waals surface area contributed by atoms with Gasteiger partial charge in [-0.2, -0.15) is 4.31 Å². The fourth-order valence-corrected chi connectivity index (χ4v) is 4.10. The largest absolute Gasteiger partial charge is 0.369 e. The number of sulfonamides is 1. The number of nitrogens with two attached hydrogens (primary N) is 1. The van der Waals surface area contributed by atoms with Gasteiger partial charge in [-0.15, -0.1) is 0 Å². The number of carbonyl (C=O) groups excluding carboxylic acids is 2. The van der Waals surface area contributed by atoms with E-state index in [1.54, 1.807) is 4.90 Å². The molecule has 0 aromatic heterocycles.